The smallest absolute Gasteiger partial charge is 0.124 e. The molecular weight excluding hydrogens is 212 g/mol. The number of ether oxygens (including phenoxy) is 1. The number of pyridine rings is 1. The van der Waals surface area contributed by atoms with Gasteiger partial charge in [-0.2, -0.15) is 0 Å². The SMILES string of the molecule is Cc1cnccc1NC1COc2ccccc21. The van der Waals surface area contributed by atoms with Crippen LogP contribution in [0.15, 0.2) is 42.7 Å². The van der Waals surface area contributed by atoms with E-state index in [2.05, 4.69) is 23.3 Å². The van der Waals surface area contributed by atoms with Gasteiger partial charge in [-0.25, -0.2) is 0 Å². The fourth-order valence-corrected chi connectivity index (χ4v) is 2.11. The van der Waals surface area contributed by atoms with E-state index in [0.29, 0.717) is 6.61 Å². The number of rotatable bonds is 2. The lowest BCUT2D eigenvalue weighted by atomic mass is 10.1. The average Bonchev–Trinajstić information content (AvgIpc) is 2.76. The van der Waals surface area contributed by atoms with E-state index in [1.165, 1.54) is 5.56 Å². The summed E-state index contributed by atoms with van der Waals surface area (Å²) in [4.78, 5) is 4.09. The van der Waals surface area contributed by atoms with E-state index in [-0.39, 0.29) is 6.04 Å². The van der Waals surface area contributed by atoms with Gasteiger partial charge < -0.3 is 10.1 Å². The minimum Gasteiger partial charge on any atom is -0.491 e. The van der Waals surface area contributed by atoms with Crippen molar-refractivity contribution < 1.29 is 4.74 Å². The Morgan fingerprint density at radius 2 is 2.18 bits per heavy atom. The number of aromatic nitrogens is 1. The van der Waals surface area contributed by atoms with E-state index in [4.69, 9.17) is 4.74 Å². The highest BCUT2D eigenvalue weighted by Crippen LogP contribution is 2.34. The highest BCUT2D eigenvalue weighted by molar-refractivity contribution is 5.53. The molecule has 1 aliphatic rings. The van der Waals surface area contributed by atoms with Gasteiger partial charge in [0.1, 0.15) is 12.4 Å². The molecular formula is C14H14N2O. The zero-order valence-electron chi connectivity index (χ0n) is 9.68. The zero-order chi connectivity index (χ0) is 11.7. The number of anilines is 1. The Morgan fingerprint density at radius 3 is 3.06 bits per heavy atom. The lowest BCUT2D eigenvalue weighted by molar-refractivity contribution is 0.340. The highest BCUT2D eigenvalue weighted by atomic mass is 16.5. The van der Waals surface area contributed by atoms with Crippen molar-refractivity contribution in [1.29, 1.82) is 0 Å². The van der Waals surface area contributed by atoms with Crippen LogP contribution in [0.1, 0.15) is 17.2 Å². The van der Waals surface area contributed by atoms with Crippen LogP contribution in [0.2, 0.25) is 0 Å². The molecule has 86 valence electrons. The Hall–Kier alpha value is -2.03. The quantitative estimate of drug-likeness (QED) is 0.854. The molecule has 1 aromatic heterocycles. The van der Waals surface area contributed by atoms with Crippen LogP contribution >= 0.6 is 0 Å². The van der Waals surface area contributed by atoms with Gasteiger partial charge in [-0.1, -0.05) is 18.2 Å². The third-order valence-corrected chi connectivity index (χ3v) is 3.05. The van der Waals surface area contributed by atoms with E-state index in [0.717, 1.165) is 17.0 Å². The topological polar surface area (TPSA) is 34.2 Å². The van der Waals surface area contributed by atoms with Gasteiger partial charge in [0.05, 0.1) is 6.04 Å². The number of hydrogen-bond acceptors (Lipinski definition) is 3. The Balaban J connectivity index is 1.87. The van der Waals surface area contributed by atoms with E-state index in [1.54, 1.807) is 6.20 Å². The molecule has 2 heterocycles. The van der Waals surface area contributed by atoms with Gasteiger partial charge in [0.15, 0.2) is 0 Å². The molecule has 1 unspecified atom stereocenters. The fourth-order valence-electron chi connectivity index (χ4n) is 2.11. The maximum absolute atomic E-state index is 5.65. The van der Waals surface area contributed by atoms with Crippen molar-refractivity contribution in [3.05, 3.63) is 53.9 Å². The summed E-state index contributed by atoms with van der Waals surface area (Å²) in [7, 11) is 0. The lowest BCUT2D eigenvalue weighted by Gasteiger charge is -2.14. The van der Waals surface area contributed by atoms with E-state index < -0.39 is 0 Å². The lowest BCUT2D eigenvalue weighted by Crippen LogP contribution is -2.12. The first-order chi connectivity index (χ1) is 8.34. The molecule has 0 saturated heterocycles. The summed E-state index contributed by atoms with van der Waals surface area (Å²) in [5.74, 6) is 0.983. The summed E-state index contributed by atoms with van der Waals surface area (Å²) < 4.78 is 5.65. The second kappa shape index (κ2) is 4.09. The molecule has 1 N–H and O–H groups in total. The largest absolute Gasteiger partial charge is 0.491 e. The van der Waals surface area contributed by atoms with Crippen molar-refractivity contribution in [2.24, 2.45) is 0 Å². The normalized spacial score (nSPS) is 17.4. The summed E-state index contributed by atoms with van der Waals surface area (Å²) in [5.41, 5.74) is 3.49. The number of para-hydroxylation sites is 1. The molecule has 0 radical (unpaired) electrons. The molecule has 0 saturated carbocycles. The summed E-state index contributed by atoms with van der Waals surface area (Å²) in [6, 6.07) is 10.4. The summed E-state index contributed by atoms with van der Waals surface area (Å²) in [6.45, 7) is 2.73. The van der Waals surface area contributed by atoms with Crippen LogP contribution in [0.25, 0.3) is 0 Å². The number of aryl methyl sites for hydroxylation is 1. The number of nitrogens with zero attached hydrogens (tertiary/aromatic N) is 1. The minimum absolute atomic E-state index is 0.229. The molecule has 2 aromatic rings. The Bertz CT molecular complexity index is 539. The van der Waals surface area contributed by atoms with Gasteiger partial charge >= 0.3 is 0 Å². The zero-order valence-corrected chi connectivity index (χ0v) is 9.68. The monoisotopic (exact) mass is 226 g/mol. The molecule has 0 bridgehead atoms. The summed E-state index contributed by atoms with van der Waals surface area (Å²) >= 11 is 0. The third kappa shape index (κ3) is 1.84. The van der Waals surface area contributed by atoms with Gasteiger partial charge in [-0.05, 0) is 24.6 Å². The van der Waals surface area contributed by atoms with Gasteiger partial charge in [0.25, 0.3) is 0 Å². The number of hydrogen-bond donors (Lipinski definition) is 1. The van der Waals surface area contributed by atoms with Crippen LogP contribution in [-0.2, 0) is 0 Å². The summed E-state index contributed by atoms with van der Waals surface area (Å²) in [6.07, 6.45) is 3.67. The second-order valence-electron chi connectivity index (χ2n) is 4.24. The predicted molar refractivity (Wildman–Crippen MR) is 67.3 cm³/mol. The van der Waals surface area contributed by atoms with Crippen LogP contribution in [0.4, 0.5) is 5.69 Å². The van der Waals surface area contributed by atoms with Gasteiger partial charge in [-0.3, -0.25) is 4.98 Å². The number of benzene rings is 1. The minimum atomic E-state index is 0.229. The average molecular weight is 226 g/mol. The number of nitrogens with one attached hydrogen (secondary N) is 1. The van der Waals surface area contributed by atoms with Crippen molar-refractivity contribution in [2.75, 3.05) is 11.9 Å². The molecule has 1 aromatic carbocycles. The fraction of sp³-hybridized carbons (Fsp3) is 0.214. The van der Waals surface area contributed by atoms with Crippen molar-refractivity contribution in [2.45, 2.75) is 13.0 Å². The summed E-state index contributed by atoms with van der Waals surface area (Å²) in [5, 5.41) is 3.50. The van der Waals surface area contributed by atoms with E-state index in [9.17, 15) is 0 Å². The van der Waals surface area contributed by atoms with Crippen LogP contribution < -0.4 is 10.1 Å². The molecule has 3 heteroatoms. The second-order valence-corrected chi connectivity index (χ2v) is 4.24. The van der Waals surface area contributed by atoms with Crippen LogP contribution in [0, 0.1) is 6.92 Å². The molecule has 0 spiro atoms. The predicted octanol–water partition coefficient (Wildman–Crippen LogP) is 2.94. The van der Waals surface area contributed by atoms with Crippen molar-refractivity contribution in [3.8, 4) is 5.75 Å². The maximum atomic E-state index is 5.65. The van der Waals surface area contributed by atoms with Crippen molar-refractivity contribution in [3.63, 3.8) is 0 Å². The van der Waals surface area contributed by atoms with Crippen LogP contribution in [0.5, 0.6) is 5.75 Å². The first-order valence-electron chi connectivity index (χ1n) is 5.73. The Kier molecular flexibility index (Phi) is 2.44. The Labute approximate surface area is 100 Å². The van der Waals surface area contributed by atoms with Gasteiger partial charge in [0, 0.05) is 23.6 Å². The van der Waals surface area contributed by atoms with Crippen LogP contribution in [-0.4, -0.2) is 11.6 Å². The maximum Gasteiger partial charge on any atom is 0.124 e. The Morgan fingerprint density at radius 1 is 1.29 bits per heavy atom. The molecule has 0 fully saturated rings. The number of fused-ring (bicyclic) bond motifs is 1. The van der Waals surface area contributed by atoms with Gasteiger partial charge in [0.2, 0.25) is 0 Å². The van der Waals surface area contributed by atoms with Crippen molar-refractivity contribution in [1.82, 2.24) is 4.98 Å². The first-order valence-corrected chi connectivity index (χ1v) is 5.73. The van der Waals surface area contributed by atoms with Gasteiger partial charge in [-0.15, -0.1) is 0 Å². The molecule has 3 rings (SSSR count). The van der Waals surface area contributed by atoms with Crippen molar-refractivity contribution >= 4 is 5.69 Å². The highest BCUT2D eigenvalue weighted by Gasteiger charge is 2.23. The molecule has 0 amide bonds. The van der Waals surface area contributed by atoms with Crippen LogP contribution in [0.3, 0.4) is 0 Å². The molecule has 17 heavy (non-hydrogen) atoms. The molecule has 1 aliphatic heterocycles. The van der Waals surface area contributed by atoms with E-state index in [1.807, 2.05) is 30.5 Å². The third-order valence-electron chi connectivity index (χ3n) is 3.05. The van der Waals surface area contributed by atoms with E-state index >= 15 is 0 Å². The molecule has 3 nitrogen and oxygen atoms in total. The molecule has 0 aliphatic carbocycles. The molecule has 1 atom stereocenters. The first kappa shape index (κ1) is 10.1. The standard InChI is InChI=1S/C14H14N2O/c1-10-8-15-7-6-12(10)16-13-9-17-14-5-3-2-4-11(13)14/h2-8,13H,9H2,1H3,(H,15,16).